The summed E-state index contributed by atoms with van der Waals surface area (Å²) in [5.41, 5.74) is -0.466. The highest BCUT2D eigenvalue weighted by Crippen LogP contribution is 2.37. The lowest BCUT2D eigenvalue weighted by molar-refractivity contribution is -0.199. The van der Waals surface area contributed by atoms with Crippen LogP contribution in [0.2, 0.25) is 0 Å². The molecule has 1 saturated heterocycles. The normalized spacial score (nSPS) is 20.2. The van der Waals surface area contributed by atoms with Gasteiger partial charge in [0.25, 0.3) is 0 Å². The molecule has 2 aliphatic rings. The maximum absolute atomic E-state index is 11.9. The second kappa shape index (κ2) is 5.61. The van der Waals surface area contributed by atoms with Gasteiger partial charge in [0, 0.05) is 38.8 Å². The van der Waals surface area contributed by atoms with Crippen LogP contribution in [0.4, 0.5) is 8.78 Å². The predicted octanol–water partition coefficient (Wildman–Crippen LogP) is 1.79. The number of nitrogens with zero attached hydrogens (tertiary/aromatic N) is 3. The number of halogens is 2. The maximum Gasteiger partial charge on any atom is 0.345 e. The van der Waals surface area contributed by atoms with Crippen molar-refractivity contribution >= 4 is 5.91 Å². The topological polar surface area (TPSA) is 54.3 Å². The van der Waals surface area contributed by atoms with Crippen LogP contribution in [0.3, 0.4) is 0 Å². The summed E-state index contributed by atoms with van der Waals surface area (Å²) in [7, 11) is 0. The van der Waals surface area contributed by atoms with Crippen LogP contribution in [-0.2, 0) is 9.53 Å². The van der Waals surface area contributed by atoms with Gasteiger partial charge in [-0.05, 0) is 0 Å². The Morgan fingerprint density at radius 1 is 1.47 bits per heavy atom. The first-order valence-electron chi connectivity index (χ1n) is 6.13. The van der Waals surface area contributed by atoms with Gasteiger partial charge in [0.05, 0.1) is 6.10 Å². The van der Waals surface area contributed by atoms with E-state index in [4.69, 9.17) is 6.42 Å². The zero-order valence-electron chi connectivity index (χ0n) is 10.4. The summed E-state index contributed by atoms with van der Waals surface area (Å²) in [6, 6.07) is 0. The molecule has 0 spiro atoms. The maximum atomic E-state index is 11.9. The van der Waals surface area contributed by atoms with Crippen molar-refractivity contribution in [3.05, 3.63) is 0 Å². The van der Waals surface area contributed by atoms with E-state index in [2.05, 4.69) is 20.9 Å². The monoisotopic (exact) mass is 271 g/mol. The van der Waals surface area contributed by atoms with Crippen LogP contribution in [0.1, 0.15) is 25.7 Å². The van der Waals surface area contributed by atoms with Crippen LogP contribution < -0.4 is 0 Å². The molecule has 0 saturated carbocycles. The van der Waals surface area contributed by atoms with Crippen LogP contribution in [0, 0.1) is 12.3 Å². The summed E-state index contributed by atoms with van der Waals surface area (Å²) in [6.07, 6.45) is 6.70. The lowest BCUT2D eigenvalue weighted by Gasteiger charge is -2.38. The number of rotatable bonds is 7. The quantitative estimate of drug-likeness (QED) is 0.663. The standard InChI is InChI=1S/C12H15F2N3O2/c1-2-3-5-12(15-16-12)6-4-10(18)17-7-9(8-17)19-11(13)14/h1,9,11H,3-8H2. The second-order valence-electron chi connectivity index (χ2n) is 4.70. The van der Waals surface area contributed by atoms with Crippen LogP contribution >= 0.6 is 0 Å². The zero-order chi connectivity index (χ0) is 13.9. The molecule has 0 unspecified atom stereocenters. The van der Waals surface area contributed by atoms with Crippen molar-refractivity contribution in [2.24, 2.45) is 10.2 Å². The van der Waals surface area contributed by atoms with Gasteiger partial charge in [0.2, 0.25) is 5.91 Å². The van der Waals surface area contributed by atoms with Gasteiger partial charge in [-0.3, -0.25) is 4.79 Å². The van der Waals surface area contributed by atoms with E-state index in [0.717, 1.165) is 0 Å². The van der Waals surface area contributed by atoms with Gasteiger partial charge in [0.1, 0.15) is 0 Å². The molecule has 7 heteroatoms. The number of likely N-dealkylation sites (tertiary alicyclic amines) is 1. The molecule has 1 amide bonds. The van der Waals surface area contributed by atoms with Crippen LogP contribution in [0.5, 0.6) is 0 Å². The van der Waals surface area contributed by atoms with Gasteiger partial charge in [-0.15, -0.1) is 12.3 Å². The highest BCUT2D eigenvalue weighted by Gasteiger charge is 2.41. The number of ether oxygens (including phenoxy) is 1. The molecule has 2 aliphatic heterocycles. The number of hydrogen-bond acceptors (Lipinski definition) is 4. The van der Waals surface area contributed by atoms with Crippen molar-refractivity contribution in [1.29, 1.82) is 0 Å². The van der Waals surface area contributed by atoms with Crippen LogP contribution in [0.25, 0.3) is 0 Å². The molecule has 19 heavy (non-hydrogen) atoms. The van der Waals surface area contributed by atoms with Crippen molar-refractivity contribution in [2.75, 3.05) is 13.1 Å². The molecular formula is C12H15F2N3O2. The number of hydrogen-bond donors (Lipinski definition) is 0. The van der Waals surface area contributed by atoms with E-state index in [0.29, 0.717) is 25.7 Å². The van der Waals surface area contributed by atoms with Gasteiger partial charge in [-0.25, -0.2) is 0 Å². The Bertz CT molecular complexity index is 408. The number of carbonyl (C=O) groups excluding carboxylic acids is 1. The van der Waals surface area contributed by atoms with Gasteiger partial charge in [-0.2, -0.15) is 19.0 Å². The van der Waals surface area contributed by atoms with Gasteiger partial charge < -0.3 is 9.64 Å². The van der Waals surface area contributed by atoms with E-state index in [9.17, 15) is 13.6 Å². The smallest absolute Gasteiger partial charge is 0.337 e. The van der Waals surface area contributed by atoms with Crippen LogP contribution in [0.15, 0.2) is 10.2 Å². The molecule has 1 fully saturated rings. The minimum Gasteiger partial charge on any atom is -0.337 e. The fourth-order valence-electron chi connectivity index (χ4n) is 2.01. The summed E-state index contributed by atoms with van der Waals surface area (Å²) in [5.74, 6) is 2.44. The van der Waals surface area contributed by atoms with E-state index in [1.54, 1.807) is 0 Å². The molecule has 2 rings (SSSR count). The van der Waals surface area contributed by atoms with E-state index in [1.807, 2.05) is 0 Å². The summed E-state index contributed by atoms with van der Waals surface area (Å²) in [5, 5.41) is 7.87. The molecule has 5 nitrogen and oxygen atoms in total. The minimum absolute atomic E-state index is 0.0773. The van der Waals surface area contributed by atoms with Crippen LogP contribution in [-0.4, -0.2) is 42.3 Å². The van der Waals surface area contributed by atoms with E-state index < -0.39 is 18.4 Å². The molecular weight excluding hydrogens is 256 g/mol. The fraction of sp³-hybridized carbons (Fsp3) is 0.750. The molecule has 0 atom stereocenters. The summed E-state index contributed by atoms with van der Waals surface area (Å²) < 4.78 is 28.1. The van der Waals surface area contributed by atoms with Crippen molar-refractivity contribution in [3.63, 3.8) is 0 Å². The number of alkyl halides is 2. The molecule has 0 aromatic heterocycles. The Morgan fingerprint density at radius 2 is 2.16 bits per heavy atom. The molecule has 104 valence electrons. The number of amides is 1. The summed E-state index contributed by atoms with van der Waals surface area (Å²) >= 11 is 0. The predicted molar refractivity (Wildman–Crippen MR) is 62.3 cm³/mol. The summed E-state index contributed by atoms with van der Waals surface area (Å²) in [6.45, 7) is -2.32. The summed E-state index contributed by atoms with van der Waals surface area (Å²) in [4.78, 5) is 13.3. The first-order chi connectivity index (χ1) is 9.04. The van der Waals surface area contributed by atoms with E-state index in [-0.39, 0.29) is 19.0 Å². The molecule has 2 heterocycles. The third kappa shape index (κ3) is 3.70. The average Bonchev–Trinajstić information content (AvgIpc) is 3.08. The van der Waals surface area contributed by atoms with E-state index in [1.165, 1.54) is 4.90 Å². The molecule has 0 aromatic carbocycles. The molecule has 0 bridgehead atoms. The van der Waals surface area contributed by atoms with Gasteiger partial charge in [-0.1, -0.05) is 0 Å². The zero-order valence-corrected chi connectivity index (χ0v) is 10.4. The highest BCUT2D eigenvalue weighted by molar-refractivity contribution is 5.77. The Balaban J connectivity index is 1.63. The largest absolute Gasteiger partial charge is 0.345 e. The fourth-order valence-corrected chi connectivity index (χ4v) is 2.01. The third-order valence-corrected chi connectivity index (χ3v) is 3.29. The first kappa shape index (κ1) is 13.9. The van der Waals surface area contributed by atoms with E-state index >= 15 is 0 Å². The van der Waals surface area contributed by atoms with Gasteiger partial charge in [0.15, 0.2) is 5.66 Å². The van der Waals surface area contributed by atoms with Crippen molar-refractivity contribution in [2.45, 2.75) is 44.1 Å². The minimum atomic E-state index is -2.78. The Kier molecular flexibility index (Phi) is 4.10. The lowest BCUT2D eigenvalue weighted by Crippen LogP contribution is -2.55. The van der Waals surface area contributed by atoms with Crippen molar-refractivity contribution in [1.82, 2.24) is 4.90 Å². The highest BCUT2D eigenvalue weighted by atomic mass is 19.3. The SMILES string of the molecule is C#CCCC1(CCC(=O)N2CC(OC(F)F)C2)N=N1. The average molecular weight is 271 g/mol. The molecule has 0 radical (unpaired) electrons. The molecule has 0 N–H and O–H groups in total. The Labute approximate surface area is 110 Å². The Hall–Kier alpha value is -1.55. The van der Waals surface area contributed by atoms with Gasteiger partial charge >= 0.3 is 6.61 Å². The number of carbonyl (C=O) groups is 1. The third-order valence-electron chi connectivity index (χ3n) is 3.29. The van der Waals surface area contributed by atoms with Crippen molar-refractivity contribution < 1.29 is 18.3 Å². The molecule has 0 aliphatic carbocycles. The molecule has 0 aromatic rings. The number of terminal acetylenes is 1. The second-order valence-corrected chi connectivity index (χ2v) is 4.70. The van der Waals surface area contributed by atoms with Crippen molar-refractivity contribution in [3.8, 4) is 12.3 Å². The first-order valence-corrected chi connectivity index (χ1v) is 6.13. The Morgan fingerprint density at radius 3 is 2.68 bits per heavy atom. The lowest BCUT2D eigenvalue weighted by atomic mass is 10.0.